The van der Waals surface area contributed by atoms with E-state index in [1.807, 2.05) is 36.5 Å². The molecule has 0 aliphatic carbocycles. The summed E-state index contributed by atoms with van der Waals surface area (Å²) in [6, 6.07) is 7.91. The van der Waals surface area contributed by atoms with Gasteiger partial charge in [0.2, 0.25) is 0 Å². The molecular formula is C18H27ClN3O3+. The Hall–Kier alpha value is -1.79. The van der Waals surface area contributed by atoms with Crippen LogP contribution in [0.4, 0.5) is 4.79 Å². The van der Waals surface area contributed by atoms with E-state index in [0.717, 1.165) is 23.4 Å². The van der Waals surface area contributed by atoms with E-state index >= 15 is 0 Å². The lowest BCUT2D eigenvalue weighted by Gasteiger charge is -2.31. The van der Waals surface area contributed by atoms with Gasteiger partial charge in [0.1, 0.15) is 6.04 Å². The maximum Gasteiger partial charge on any atom is 0.409 e. The van der Waals surface area contributed by atoms with Crippen molar-refractivity contribution in [2.75, 3.05) is 26.2 Å². The van der Waals surface area contributed by atoms with Crippen LogP contribution in [0.1, 0.15) is 38.3 Å². The number of ether oxygens (including phenoxy) is 1. The summed E-state index contributed by atoms with van der Waals surface area (Å²) in [6.45, 7) is 5.80. The topological polar surface area (TPSA) is 75.2 Å². The Bertz CT molecular complexity index is 589. The van der Waals surface area contributed by atoms with Crippen LogP contribution in [0.3, 0.4) is 0 Å². The zero-order chi connectivity index (χ0) is 18.2. The highest BCUT2D eigenvalue weighted by Crippen LogP contribution is 2.19. The fourth-order valence-electron chi connectivity index (χ4n) is 2.96. The number of quaternary nitrogens is 1. The first-order chi connectivity index (χ1) is 12.0. The molecule has 0 spiro atoms. The number of rotatable bonds is 6. The van der Waals surface area contributed by atoms with Crippen molar-refractivity contribution in [1.29, 1.82) is 0 Å². The zero-order valence-electron chi connectivity index (χ0n) is 14.8. The minimum absolute atomic E-state index is 0.00786. The molecule has 1 saturated heterocycles. The van der Waals surface area contributed by atoms with Crippen LogP contribution in [0.25, 0.3) is 0 Å². The molecule has 6 nitrogen and oxygen atoms in total. The number of amides is 2. The minimum atomic E-state index is -0.269. The van der Waals surface area contributed by atoms with Gasteiger partial charge >= 0.3 is 6.09 Å². The average Bonchev–Trinajstić information content (AvgIpc) is 2.61. The molecule has 25 heavy (non-hydrogen) atoms. The van der Waals surface area contributed by atoms with Crippen molar-refractivity contribution in [1.82, 2.24) is 10.2 Å². The quantitative estimate of drug-likeness (QED) is 0.802. The van der Waals surface area contributed by atoms with E-state index in [-0.39, 0.29) is 24.1 Å². The van der Waals surface area contributed by atoms with Crippen LogP contribution in [-0.2, 0) is 9.53 Å². The fraction of sp³-hybridized carbons (Fsp3) is 0.556. The SMILES string of the molecule is CCOC(=O)N1CCC(NC(=O)C[NH2+][C@H](C)c2ccccc2Cl)CC1. The molecule has 0 unspecified atom stereocenters. The number of halogens is 1. The zero-order valence-corrected chi connectivity index (χ0v) is 15.6. The molecule has 2 amide bonds. The Morgan fingerprint density at radius 2 is 2.04 bits per heavy atom. The van der Waals surface area contributed by atoms with Crippen LogP contribution < -0.4 is 10.6 Å². The number of nitrogens with two attached hydrogens (primary N) is 1. The first kappa shape index (κ1) is 19.5. The third-order valence-electron chi connectivity index (χ3n) is 4.44. The molecule has 1 aliphatic heterocycles. The number of hydrogen-bond acceptors (Lipinski definition) is 3. The van der Waals surface area contributed by atoms with E-state index < -0.39 is 0 Å². The smallest absolute Gasteiger partial charge is 0.409 e. The molecular weight excluding hydrogens is 342 g/mol. The third-order valence-corrected chi connectivity index (χ3v) is 4.78. The van der Waals surface area contributed by atoms with Crippen molar-refractivity contribution in [3.8, 4) is 0 Å². The largest absolute Gasteiger partial charge is 0.450 e. The van der Waals surface area contributed by atoms with Gasteiger partial charge in [0.15, 0.2) is 6.54 Å². The number of nitrogens with zero attached hydrogens (tertiary/aromatic N) is 1. The Kier molecular flexibility index (Phi) is 7.52. The average molecular weight is 369 g/mol. The second-order valence-electron chi connectivity index (χ2n) is 6.28. The van der Waals surface area contributed by atoms with E-state index in [1.54, 1.807) is 11.8 Å². The number of hydrogen-bond donors (Lipinski definition) is 2. The molecule has 1 aromatic carbocycles. The van der Waals surface area contributed by atoms with Gasteiger partial charge in [-0.05, 0) is 32.8 Å². The monoisotopic (exact) mass is 368 g/mol. The second kappa shape index (κ2) is 9.63. The lowest BCUT2D eigenvalue weighted by molar-refractivity contribution is -0.682. The predicted octanol–water partition coefficient (Wildman–Crippen LogP) is 1.70. The summed E-state index contributed by atoms with van der Waals surface area (Å²) in [5, 5.41) is 5.75. The molecule has 0 bridgehead atoms. The molecule has 0 aromatic heterocycles. The maximum absolute atomic E-state index is 12.2. The molecule has 1 atom stereocenters. The number of likely N-dealkylation sites (tertiary alicyclic amines) is 1. The number of nitrogens with one attached hydrogen (secondary N) is 1. The van der Waals surface area contributed by atoms with Gasteiger partial charge in [-0.3, -0.25) is 4.79 Å². The molecule has 1 heterocycles. The maximum atomic E-state index is 12.2. The standard InChI is InChI=1S/C18H26ClN3O3/c1-3-25-18(24)22-10-8-14(9-11-22)21-17(23)12-20-13(2)15-6-4-5-7-16(15)19/h4-7,13-14,20H,3,8-12H2,1-2H3,(H,21,23)/p+1/t13-/m1/s1. The van der Waals surface area contributed by atoms with E-state index in [4.69, 9.17) is 16.3 Å². The first-order valence-electron chi connectivity index (χ1n) is 8.80. The third kappa shape index (κ3) is 5.90. The number of piperidine rings is 1. The Morgan fingerprint density at radius 1 is 1.36 bits per heavy atom. The predicted molar refractivity (Wildman–Crippen MR) is 96.4 cm³/mol. The highest BCUT2D eigenvalue weighted by molar-refractivity contribution is 6.31. The van der Waals surface area contributed by atoms with Gasteiger partial charge in [-0.15, -0.1) is 0 Å². The number of carbonyl (C=O) groups excluding carboxylic acids is 2. The first-order valence-corrected chi connectivity index (χ1v) is 9.17. The Morgan fingerprint density at radius 3 is 2.68 bits per heavy atom. The molecule has 3 N–H and O–H groups in total. The highest BCUT2D eigenvalue weighted by Gasteiger charge is 2.25. The Labute approximate surface area is 153 Å². The fourth-order valence-corrected chi connectivity index (χ4v) is 3.27. The van der Waals surface area contributed by atoms with E-state index in [1.165, 1.54) is 0 Å². The number of carbonyl (C=O) groups is 2. The second-order valence-corrected chi connectivity index (χ2v) is 6.68. The normalized spacial score (nSPS) is 16.4. The van der Waals surface area contributed by atoms with Crippen LogP contribution >= 0.6 is 11.6 Å². The van der Waals surface area contributed by atoms with Crippen molar-refractivity contribution in [3.63, 3.8) is 0 Å². The van der Waals surface area contributed by atoms with Gasteiger partial charge in [0.25, 0.3) is 5.91 Å². The summed E-state index contributed by atoms with van der Waals surface area (Å²) in [7, 11) is 0. The van der Waals surface area contributed by atoms with Crippen molar-refractivity contribution in [3.05, 3.63) is 34.9 Å². The summed E-state index contributed by atoms with van der Waals surface area (Å²) >= 11 is 6.19. The van der Waals surface area contributed by atoms with Crippen LogP contribution in [0.5, 0.6) is 0 Å². The van der Waals surface area contributed by atoms with Gasteiger partial charge in [0.05, 0.1) is 6.61 Å². The van der Waals surface area contributed by atoms with Crippen molar-refractivity contribution >= 4 is 23.6 Å². The summed E-state index contributed by atoms with van der Waals surface area (Å²) in [5.74, 6) is 0.00786. The van der Waals surface area contributed by atoms with E-state index in [0.29, 0.717) is 26.2 Å². The van der Waals surface area contributed by atoms with E-state index in [9.17, 15) is 9.59 Å². The highest BCUT2D eigenvalue weighted by atomic mass is 35.5. The molecule has 1 aliphatic rings. The van der Waals surface area contributed by atoms with Gasteiger partial charge in [-0.25, -0.2) is 4.79 Å². The lowest BCUT2D eigenvalue weighted by Crippen LogP contribution is -2.87. The van der Waals surface area contributed by atoms with Gasteiger partial charge in [-0.2, -0.15) is 0 Å². The minimum Gasteiger partial charge on any atom is -0.450 e. The van der Waals surface area contributed by atoms with Crippen molar-refractivity contribution < 1.29 is 19.6 Å². The molecule has 0 saturated carbocycles. The Balaban J connectivity index is 1.71. The molecule has 7 heteroatoms. The molecule has 0 radical (unpaired) electrons. The molecule has 1 aromatic rings. The van der Waals surface area contributed by atoms with Gasteiger partial charge < -0.3 is 20.3 Å². The number of benzene rings is 1. The summed E-state index contributed by atoms with van der Waals surface area (Å²) < 4.78 is 5.00. The van der Waals surface area contributed by atoms with Gasteiger partial charge in [0, 0.05) is 29.7 Å². The summed E-state index contributed by atoms with van der Waals surface area (Å²) in [6.07, 6.45) is 1.24. The lowest BCUT2D eigenvalue weighted by atomic mass is 10.1. The van der Waals surface area contributed by atoms with Gasteiger partial charge in [-0.1, -0.05) is 29.8 Å². The van der Waals surface area contributed by atoms with Crippen LogP contribution in [0, 0.1) is 0 Å². The van der Waals surface area contributed by atoms with Crippen LogP contribution in [0.15, 0.2) is 24.3 Å². The molecule has 2 rings (SSSR count). The van der Waals surface area contributed by atoms with Crippen molar-refractivity contribution in [2.24, 2.45) is 0 Å². The van der Waals surface area contributed by atoms with E-state index in [2.05, 4.69) is 5.32 Å². The summed E-state index contributed by atoms with van der Waals surface area (Å²) in [5.41, 5.74) is 1.03. The summed E-state index contributed by atoms with van der Waals surface area (Å²) in [4.78, 5) is 25.5. The van der Waals surface area contributed by atoms with Crippen molar-refractivity contribution in [2.45, 2.75) is 38.8 Å². The van der Waals surface area contributed by atoms with Crippen LogP contribution in [0.2, 0.25) is 5.02 Å². The van der Waals surface area contributed by atoms with Crippen LogP contribution in [-0.4, -0.2) is 49.2 Å². The molecule has 138 valence electrons. The molecule has 1 fully saturated rings.